The molecule has 1 aliphatic heterocycles. The third-order valence-corrected chi connectivity index (χ3v) is 5.77. The minimum absolute atomic E-state index is 0.201. The van der Waals surface area contributed by atoms with Crippen molar-refractivity contribution in [1.29, 1.82) is 0 Å². The Hall–Kier alpha value is -3.73. The Balaban J connectivity index is 1.81. The van der Waals surface area contributed by atoms with Gasteiger partial charge in [0.05, 0.1) is 12.1 Å². The molecule has 0 atom stereocenters. The van der Waals surface area contributed by atoms with Crippen LogP contribution in [-0.2, 0) is 16.1 Å². The topological polar surface area (TPSA) is 62.3 Å². The van der Waals surface area contributed by atoms with Crippen LogP contribution in [0.25, 0.3) is 5.57 Å². The second kappa shape index (κ2) is 8.19. The van der Waals surface area contributed by atoms with Gasteiger partial charge in [0.25, 0.3) is 11.8 Å². The van der Waals surface area contributed by atoms with Gasteiger partial charge in [0.15, 0.2) is 0 Å². The lowest BCUT2D eigenvalue weighted by atomic mass is 9.97. The number of anilines is 1. The smallest absolute Gasteiger partial charge is 0.278 e. The molecule has 1 aromatic heterocycles. The second-order valence-electron chi connectivity index (χ2n) is 7.99. The summed E-state index contributed by atoms with van der Waals surface area (Å²) in [7, 11) is 0. The molecule has 31 heavy (non-hydrogen) atoms. The SMILES string of the molecule is Cc1ccc(C2=C(Nc3cccc(C)c3C)C(=O)N(Cc3ccncc3)C2=O)c(C)c1. The summed E-state index contributed by atoms with van der Waals surface area (Å²) in [4.78, 5) is 32.3. The van der Waals surface area contributed by atoms with E-state index in [9.17, 15) is 9.59 Å². The van der Waals surface area contributed by atoms with E-state index in [0.717, 1.165) is 39.1 Å². The molecule has 0 radical (unpaired) electrons. The van der Waals surface area contributed by atoms with Crippen molar-refractivity contribution in [1.82, 2.24) is 9.88 Å². The van der Waals surface area contributed by atoms with E-state index in [1.165, 1.54) is 4.90 Å². The van der Waals surface area contributed by atoms with Gasteiger partial charge in [-0.25, -0.2) is 0 Å². The molecule has 3 aromatic rings. The monoisotopic (exact) mass is 411 g/mol. The molecule has 2 aromatic carbocycles. The zero-order chi connectivity index (χ0) is 22.1. The van der Waals surface area contributed by atoms with Crippen molar-refractivity contribution in [2.45, 2.75) is 34.2 Å². The van der Waals surface area contributed by atoms with Crippen LogP contribution in [0.2, 0.25) is 0 Å². The summed E-state index contributed by atoms with van der Waals surface area (Å²) < 4.78 is 0. The van der Waals surface area contributed by atoms with Crippen LogP contribution in [0.15, 0.2) is 66.6 Å². The highest BCUT2D eigenvalue weighted by Crippen LogP contribution is 2.34. The first-order chi connectivity index (χ1) is 14.9. The van der Waals surface area contributed by atoms with Crippen molar-refractivity contribution in [3.05, 3.63) is 100 Å². The number of aryl methyl sites for hydroxylation is 3. The molecule has 0 saturated carbocycles. The number of aromatic nitrogens is 1. The minimum atomic E-state index is -0.322. The number of nitrogens with one attached hydrogen (secondary N) is 1. The molecule has 0 aliphatic carbocycles. The normalized spacial score (nSPS) is 13.9. The lowest BCUT2D eigenvalue weighted by molar-refractivity contribution is -0.137. The largest absolute Gasteiger partial charge is 0.350 e. The molecular formula is C26H25N3O2. The van der Waals surface area contributed by atoms with Gasteiger partial charge in [-0.1, -0.05) is 35.9 Å². The number of amides is 2. The van der Waals surface area contributed by atoms with E-state index in [2.05, 4.69) is 10.3 Å². The van der Waals surface area contributed by atoms with Gasteiger partial charge in [-0.15, -0.1) is 0 Å². The summed E-state index contributed by atoms with van der Waals surface area (Å²) in [5.41, 5.74) is 7.41. The van der Waals surface area contributed by atoms with Crippen molar-refractivity contribution in [3.8, 4) is 0 Å². The van der Waals surface area contributed by atoms with Gasteiger partial charge in [-0.3, -0.25) is 19.5 Å². The number of carbonyl (C=O) groups is 2. The van der Waals surface area contributed by atoms with Gasteiger partial charge in [0, 0.05) is 18.1 Å². The number of benzene rings is 2. The van der Waals surface area contributed by atoms with Crippen LogP contribution in [0, 0.1) is 27.7 Å². The molecule has 5 heteroatoms. The highest BCUT2D eigenvalue weighted by atomic mass is 16.2. The number of pyridine rings is 1. The van der Waals surface area contributed by atoms with Crippen LogP contribution in [0.5, 0.6) is 0 Å². The summed E-state index contributed by atoms with van der Waals surface area (Å²) >= 11 is 0. The fourth-order valence-corrected chi connectivity index (χ4v) is 3.87. The van der Waals surface area contributed by atoms with E-state index in [1.54, 1.807) is 12.4 Å². The summed E-state index contributed by atoms with van der Waals surface area (Å²) in [6.07, 6.45) is 3.32. The Morgan fingerprint density at radius 1 is 0.871 bits per heavy atom. The van der Waals surface area contributed by atoms with Crippen LogP contribution < -0.4 is 5.32 Å². The number of carbonyl (C=O) groups excluding carboxylic acids is 2. The number of rotatable bonds is 5. The lowest BCUT2D eigenvalue weighted by Crippen LogP contribution is -2.32. The Kier molecular flexibility index (Phi) is 5.42. The maximum Gasteiger partial charge on any atom is 0.278 e. The molecule has 0 fully saturated rings. The summed E-state index contributed by atoms with van der Waals surface area (Å²) in [5, 5.41) is 3.29. The van der Waals surface area contributed by atoms with Crippen LogP contribution in [0.1, 0.15) is 33.4 Å². The average molecular weight is 412 g/mol. The number of nitrogens with zero attached hydrogens (tertiary/aromatic N) is 2. The lowest BCUT2D eigenvalue weighted by Gasteiger charge is -2.16. The van der Waals surface area contributed by atoms with E-state index >= 15 is 0 Å². The summed E-state index contributed by atoms with van der Waals surface area (Å²) in [6, 6.07) is 15.4. The van der Waals surface area contributed by atoms with Crippen LogP contribution in [0.4, 0.5) is 5.69 Å². The van der Waals surface area contributed by atoms with Gasteiger partial charge < -0.3 is 5.32 Å². The van der Waals surface area contributed by atoms with Crippen molar-refractivity contribution < 1.29 is 9.59 Å². The highest BCUT2D eigenvalue weighted by molar-refractivity contribution is 6.36. The van der Waals surface area contributed by atoms with Gasteiger partial charge >= 0.3 is 0 Å². The zero-order valence-corrected chi connectivity index (χ0v) is 18.2. The van der Waals surface area contributed by atoms with Crippen LogP contribution in [0.3, 0.4) is 0 Å². The summed E-state index contributed by atoms with van der Waals surface area (Å²) in [6.45, 7) is 8.21. The van der Waals surface area contributed by atoms with Crippen molar-refractivity contribution >= 4 is 23.1 Å². The highest BCUT2D eigenvalue weighted by Gasteiger charge is 2.39. The Bertz CT molecular complexity index is 1210. The molecule has 1 aliphatic rings. The quantitative estimate of drug-likeness (QED) is 0.618. The third kappa shape index (κ3) is 3.87. The second-order valence-corrected chi connectivity index (χ2v) is 7.99. The Labute approximate surface area is 182 Å². The molecular weight excluding hydrogens is 386 g/mol. The maximum atomic E-state index is 13.5. The minimum Gasteiger partial charge on any atom is -0.350 e. The molecule has 0 bridgehead atoms. The number of hydrogen-bond acceptors (Lipinski definition) is 4. The number of imide groups is 1. The van der Waals surface area contributed by atoms with E-state index in [1.807, 2.05) is 76.2 Å². The first-order valence-electron chi connectivity index (χ1n) is 10.3. The Morgan fingerprint density at radius 3 is 2.32 bits per heavy atom. The van der Waals surface area contributed by atoms with Crippen LogP contribution in [-0.4, -0.2) is 21.7 Å². The predicted octanol–water partition coefficient (Wildman–Crippen LogP) is 4.71. The predicted molar refractivity (Wildman–Crippen MR) is 122 cm³/mol. The molecule has 1 N–H and O–H groups in total. The Morgan fingerprint density at radius 2 is 1.61 bits per heavy atom. The van der Waals surface area contributed by atoms with Gasteiger partial charge in [-0.2, -0.15) is 0 Å². The number of hydrogen-bond donors (Lipinski definition) is 1. The first-order valence-corrected chi connectivity index (χ1v) is 10.3. The first kappa shape index (κ1) is 20.5. The van der Waals surface area contributed by atoms with Crippen LogP contribution >= 0.6 is 0 Å². The van der Waals surface area contributed by atoms with E-state index in [0.29, 0.717) is 11.3 Å². The van der Waals surface area contributed by atoms with E-state index in [4.69, 9.17) is 0 Å². The molecule has 0 unspecified atom stereocenters. The molecule has 2 heterocycles. The molecule has 0 spiro atoms. The molecule has 5 nitrogen and oxygen atoms in total. The van der Waals surface area contributed by atoms with Gasteiger partial charge in [0.1, 0.15) is 5.70 Å². The van der Waals surface area contributed by atoms with E-state index < -0.39 is 0 Å². The molecule has 0 saturated heterocycles. The van der Waals surface area contributed by atoms with Crippen molar-refractivity contribution in [2.75, 3.05) is 5.32 Å². The average Bonchev–Trinajstić information content (AvgIpc) is 2.97. The third-order valence-electron chi connectivity index (χ3n) is 5.77. The summed E-state index contributed by atoms with van der Waals surface area (Å²) in [5.74, 6) is -0.612. The molecule has 4 rings (SSSR count). The zero-order valence-electron chi connectivity index (χ0n) is 18.2. The fraction of sp³-hybridized carbons (Fsp3) is 0.192. The molecule has 2 amide bonds. The maximum absolute atomic E-state index is 13.5. The van der Waals surface area contributed by atoms with Gasteiger partial charge in [-0.05, 0) is 73.7 Å². The van der Waals surface area contributed by atoms with E-state index in [-0.39, 0.29) is 18.4 Å². The van der Waals surface area contributed by atoms with Gasteiger partial charge in [0.2, 0.25) is 0 Å². The standard InChI is InChI=1S/C26H25N3O2/c1-16-8-9-21(18(3)14-16)23-24(28-22-7-5-6-17(2)19(22)4)26(31)29(25(23)30)15-20-10-12-27-13-11-20/h5-14,28H,15H2,1-4H3. The van der Waals surface area contributed by atoms with Crippen molar-refractivity contribution in [3.63, 3.8) is 0 Å². The van der Waals surface area contributed by atoms with Crippen molar-refractivity contribution in [2.24, 2.45) is 0 Å². The molecule has 156 valence electrons. The fourth-order valence-electron chi connectivity index (χ4n) is 3.87.